The molecule has 0 saturated carbocycles. The van der Waals surface area contributed by atoms with Crippen molar-refractivity contribution in [2.24, 2.45) is 0 Å². The highest BCUT2D eigenvalue weighted by atomic mass is 16.1. The van der Waals surface area contributed by atoms with Gasteiger partial charge in [0.25, 0.3) is 5.56 Å². The van der Waals surface area contributed by atoms with Crippen molar-refractivity contribution in [3.63, 3.8) is 0 Å². The minimum atomic E-state index is -0.0210. The Morgan fingerprint density at radius 3 is 2.82 bits per heavy atom. The van der Waals surface area contributed by atoms with E-state index in [9.17, 15) is 4.79 Å². The molecule has 0 radical (unpaired) electrons. The summed E-state index contributed by atoms with van der Waals surface area (Å²) < 4.78 is 1.63. The fourth-order valence-corrected chi connectivity index (χ4v) is 1.67. The second kappa shape index (κ2) is 4.67. The van der Waals surface area contributed by atoms with E-state index in [1.807, 2.05) is 25.1 Å². The Morgan fingerprint density at radius 1 is 1.29 bits per heavy atom. The highest BCUT2D eigenvalue weighted by molar-refractivity contribution is 5.32. The minimum absolute atomic E-state index is 0.0210. The molecular weight excluding hydrogens is 212 g/mol. The predicted molar refractivity (Wildman–Crippen MR) is 65.7 cm³/mol. The fraction of sp³-hybridized carbons (Fsp3) is 0.143. The number of benzene rings is 1. The lowest BCUT2D eigenvalue weighted by Gasteiger charge is -2.06. The molecule has 0 aliphatic carbocycles. The number of rotatable bonds is 2. The van der Waals surface area contributed by atoms with Crippen LogP contribution in [0.4, 0.5) is 0 Å². The van der Waals surface area contributed by atoms with Crippen LogP contribution in [0.3, 0.4) is 0 Å². The first-order valence-electron chi connectivity index (χ1n) is 5.35. The third-order valence-corrected chi connectivity index (χ3v) is 2.56. The molecule has 1 aromatic carbocycles. The van der Waals surface area contributed by atoms with E-state index in [0.717, 1.165) is 11.1 Å². The molecule has 0 N–H and O–H groups in total. The van der Waals surface area contributed by atoms with E-state index in [0.29, 0.717) is 12.1 Å². The molecule has 0 spiro atoms. The summed E-state index contributed by atoms with van der Waals surface area (Å²) in [6, 6.07) is 12.9. The molecule has 3 nitrogen and oxygen atoms in total. The number of aromatic nitrogens is 1. The van der Waals surface area contributed by atoms with Gasteiger partial charge in [0.15, 0.2) is 0 Å². The molecule has 2 aromatic rings. The van der Waals surface area contributed by atoms with Crippen LogP contribution in [0.5, 0.6) is 0 Å². The second-order valence-electron chi connectivity index (χ2n) is 3.98. The Labute approximate surface area is 99.6 Å². The van der Waals surface area contributed by atoms with Crippen molar-refractivity contribution < 1.29 is 0 Å². The summed E-state index contributed by atoms with van der Waals surface area (Å²) in [5.41, 5.74) is 2.50. The van der Waals surface area contributed by atoms with Crippen molar-refractivity contribution in [2.45, 2.75) is 13.5 Å². The van der Waals surface area contributed by atoms with Gasteiger partial charge in [0.1, 0.15) is 0 Å². The highest BCUT2D eigenvalue weighted by Gasteiger charge is 1.99. The zero-order valence-corrected chi connectivity index (χ0v) is 9.55. The van der Waals surface area contributed by atoms with Crippen molar-refractivity contribution in [1.82, 2.24) is 4.57 Å². The van der Waals surface area contributed by atoms with Gasteiger partial charge >= 0.3 is 0 Å². The lowest BCUT2D eigenvalue weighted by atomic mass is 10.1. The van der Waals surface area contributed by atoms with Crippen LogP contribution in [0.15, 0.2) is 47.4 Å². The molecule has 1 aromatic heterocycles. The Balaban J connectivity index is 2.32. The molecule has 0 atom stereocenters. The lowest BCUT2D eigenvalue weighted by Crippen LogP contribution is -2.19. The maximum absolute atomic E-state index is 11.7. The Morgan fingerprint density at radius 2 is 2.12 bits per heavy atom. The zero-order valence-electron chi connectivity index (χ0n) is 9.55. The van der Waals surface area contributed by atoms with Gasteiger partial charge in [-0.25, -0.2) is 0 Å². The summed E-state index contributed by atoms with van der Waals surface area (Å²) in [5, 5.41) is 8.80. The largest absolute Gasteiger partial charge is 0.311 e. The van der Waals surface area contributed by atoms with Crippen LogP contribution in [0, 0.1) is 18.3 Å². The number of hydrogen-bond acceptors (Lipinski definition) is 2. The van der Waals surface area contributed by atoms with Crippen molar-refractivity contribution in [2.75, 3.05) is 0 Å². The van der Waals surface area contributed by atoms with Crippen LogP contribution >= 0.6 is 0 Å². The predicted octanol–water partition coefficient (Wildman–Crippen LogP) is 2.08. The van der Waals surface area contributed by atoms with Crippen LogP contribution in [0.2, 0.25) is 0 Å². The summed E-state index contributed by atoms with van der Waals surface area (Å²) >= 11 is 0. The average molecular weight is 224 g/mol. The van der Waals surface area contributed by atoms with Gasteiger partial charge in [-0.3, -0.25) is 4.79 Å². The average Bonchev–Trinajstić information content (AvgIpc) is 2.33. The SMILES string of the molecule is Cc1ccn(Cc2cccc(C#N)c2)c(=O)c1. The van der Waals surface area contributed by atoms with Crippen molar-refractivity contribution >= 4 is 0 Å². The molecule has 0 unspecified atom stereocenters. The maximum atomic E-state index is 11.7. The Kier molecular flexibility index (Phi) is 3.06. The number of pyridine rings is 1. The smallest absolute Gasteiger partial charge is 0.251 e. The van der Waals surface area contributed by atoms with Crippen molar-refractivity contribution in [3.05, 3.63) is 69.6 Å². The molecule has 0 saturated heterocycles. The van der Waals surface area contributed by atoms with Gasteiger partial charge in [0.05, 0.1) is 18.2 Å². The van der Waals surface area contributed by atoms with Crippen molar-refractivity contribution in [1.29, 1.82) is 5.26 Å². The van der Waals surface area contributed by atoms with Crippen LogP contribution in [0.1, 0.15) is 16.7 Å². The van der Waals surface area contributed by atoms with E-state index in [1.165, 1.54) is 0 Å². The monoisotopic (exact) mass is 224 g/mol. The Bertz CT molecular complexity index is 635. The van der Waals surface area contributed by atoms with E-state index < -0.39 is 0 Å². The van der Waals surface area contributed by atoms with Gasteiger partial charge in [-0.05, 0) is 36.2 Å². The summed E-state index contributed by atoms with van der Waals surface area (Å²) in [6.07, 6.45) is 1.77. The number of hydrogen-bond donors (Lipinski definition) is 0. The molecule has 1 heterocycles. The summed E-state index contributed by atoms with van der Waals surface area (Å²) in [6.45, 7) is 2.39. The molecular formula is C14H12N2O. The second-order valence-corrected chi connectivity index (χ2v) is 3.98. The molecule has 84 valence electrons. The molecule has 2 rings (SSSR count). The number of nitrogens with zero attached hydrogens (tertiary/aromatic N) is 2. The number of nitriles is 1. The van der Waals surface area contributed by atoms with Gasteiger partial charge in [0, 0.05) is 12.3 Å². The Hall–Kier alpha value is -2.34. The molecule has 3 heteroatoms. The first kappa shape index (κ1) is 11.2. The summed E-state index contributed by atoms with van der Waals surface area (Å²) in [7, 11) is 0. The summed E-state index contributed by atoms with van der Waals surface area (Å²) in [4.78, 5) is 11.7. The third kappa shape index (κ3) is 2.61. The van der Waals surface area contributed by atoms with Crippen LogP contribution in [-0.2, 0) is 6.54 Å². The van der Waals surface area contributed by atoms with Gasteiger partial charge in [-0.1, -0.05) is 12.1 Å². The van der Waals surface area contributed by atoms with Gasteiger partial charge in [-0.15, -0.1) is 0 Å². The van der Waals surface area contributed by atoms with E-state index >= 15 is 0 Å². The van der Waals surface area contributed by atoms with Crippen LogP contribution in [-0.4, -0.2) is 4.57 Å². The standard InChI is InChI=1S/C14H12N2O/c1-11-5-6-16(14(17)7-11)10-13-4-2-3-12(8-13)9-15/h2-8H,10H2,1H3. The molecule has 0 bridgehead atoms. The normalized spacial score (nSPS) is 9.88. The lowest BCUT2D eigenvalue weighted by molar-refractivity contribution is 0.757. The maximum Gasteiger partial charge on any atom is 0.251 e. The first-order valence-corrected chi connectivity index (χ1v) is 5.35. The van der Waals surface area contributed by atoms with Crippen LogP contribution in [0.25, 0.3) is 0 Å². The quantitative estimate of drug-likeness (QED) is 0.784. The molecule has 17 heavy (non-hydrogen) atoms. The van der Waals surface area contributed by atoms with E-state index in [-0.39, 0.29) is 5.56 Å². The molecule has 0 aliphatic rings. The number of aryl methyl sites for hydroxylation is 1. The van der Waals surface area contributed by atoms with Crippen molar-refractivity contribution in [3.8, 4) is 6.07 Å². The third-order valence-electron chi connectivity index (χ3n) is 2.56. The van der Waals surface area contributed by atoms with Crippen LogP contribution < -0.4 is 5.56 Å². The van der Waals surface area contributed by atoms with E-state index in [2.05, 4.69) is 6.07 Å². The molecule has 0 aliphatic heterocycles. The van der Waals surface area contributed by atoms with Gasteiger partial charge in [0.2, 0.25) is 0 Å². The first-order chi connectivity index (χ1) is 8.19. The highest BCUT2D eigenvalue weighted by Crippen LogP contribution is 2.05. The molecule has 0 amide bonds. The minimum Gasteiger partial charge on any atom is -0.311 e. The van der Waals surface area contributed by atoms with E-state index in [1.54, 1.807) is 29.0 Å². The molecule has 0 fully saturated rings. The fourth-order valence-electron chi connectivity index (χ4n) is 1.67. The topological polar surface area (TPSA) is 45.8 Å². The zero-order chi connectivity index (χ0) is 12.3. The van der Waals surface area contributed by atoms with Gasteiger partial charge in [-0.2, -0.15) is 5.26 Å². The summed E-state index contributed by atoms with van der Waals surface area (Å²) in [5.74, 6) is 0. The van der Waals surface area contributed by atoms with E-state index in [4.69, 9.17) is 5.26 Å². The van der Waals surface area contributed by atoms with Gasteiger partial charge < -0.3 is 4.57 Å².